The van der Waals surface area contributed by atoms with Gasteiger partial charge in [-0.25, -0.2) is 9.97 Å². The van der Waals surface area contributed by atoms with E-state index >= 15 is 0 Å². The van der Waals surface area contributed by atoms with E-state index in [1.807, 2.05) is 30.3 Å². The average Bonchev–Trinajstić information content (AvgIpc) is 3.36. The molecule has 0 spiro atoms. The maximum absolute atomic E-state index is 12.4. The molecule has 0 aliphatic carbocycles. The Hall–Kier alpha value is -2.64. The zero-order valence-corrected chi connectivity index (χ0v) is 16.3. The topological polar surface area (TPSA) is 59.2 Å². The quantitative estimate of drug-likeness (QED) is 0.350. The van der Waals surface area contributed by atoms with Gasteiger partial charge in [-0.2, -0.15) is 0 Å². The van der Waals surface area contributed by atoms with Crippen molar-refractivity contribution in [3.8, 4) is 10.4 Å². The minimum atomic E-state index is 0.0293. The lowest BCUT2D eigenvalue weighted by molar-refractivity contribution is -0.127. The molecule has 3 heterocycles. The molecule has 0 radical (unpaired) electrons. The molecule has 0 aliphatic heterocycles. The van der Waals surface area contributed by atoms with Crippen molar-refractivity contribution in [3.05, 3.63) is 66.9 Å². The van der Waals surface area contributed by atoms with E-state index in [4.69, 9.17) is 4.42 Å². The average molecular weight is 396 g/mol. The summed E-state index contributed by atoms with van der Waals surface area (Å²) in [5.74, 6) is 1.12. The Balaban J connectivity index is 1.49. The molecule has 0 bridgehead atoms. The number of hydrogen-bond acceptors (Lipinski definition) is 6. The van der Waals surface area contributed by atoms with Crippen LogP contribution < -0.4 is 0 Å². The lowest BCUT2D eigenvalue weighted by atomic mass is 10.2. The second kappa shape index (κ2) is 7.94. The van der Waals surface area contributed by atoms with Crippen LogP contribution >= 0.6 is 23.1 Å². The van der Waals surface area contributed by atoms with E-state index in [1.165, 1.54) is 11.8 Å². The van der Waals surface area contributed by atoms with Crippen molar-refractivity contribution in [2.24, 2.45) is 0 Å². The normalized spacial score (nSPS) is 11.0. The minimum Gasteiger partial charge on any atom is -0.467 e. The number of aromatic nitrogens is 2. The first-order valence-electron chi connectivity index (χ1n) is 8.40. The smallest absolute Gasteiger partial charge is 0.233 e. The fourth-order valence-electron chi connectivity index (χ4n) is 2.66. The highest BCUT2D eigenvalue weighted by Gasteiger charge is 2.15. The molecule has 0 atom stereocenters. The number of nitrogens with zero attached hydrogens (tertiary/aromatic N) is 3. The third-order valence-electron chi connectivity index (χ3n) is 4.08. The fourth-order valence-corrected chi connectivity index (χ4v) is 4.64. The van der Waals surface area contributed by atoms with Gasteiger partial charge in [0.1, 0.15) is 21.9 Å². The van der Waals surface area contributed by atoms with Crippen molar-refractivity contribution in [3.63, 3.8) is 0 Å². The largest absolute Gasteiger partial charge is 0.467 e. The number of benzene rings is 1. The van der Waals surface area contributed by atoms with E-state index < -0.39 is 0 Å². The molecule has 0 aliphatic rings. The summed E-state index contributed by atoms with van der Waals surface area (Å²) in [5.41, 5.74) is 1.16. The van der Waals surface area contributed by atoms with Gasteiger partial charge < -0.3 is 9.32 Å². The first-order chi connectivity index (χ1) is 13.2. The Bertz CT molecular complexity index is 1050. The number of amides is 1. The monoisotopic (exact) mass is 395 g/mol. The van der Waals surface area contributed by atoms with Gasteiger partial charge >= 0.3 is 0 Å². The zero-order chi connectivity index (χ0) is 18.6. The number of thiophene rings is 1. The molecular weight excluding hydrogens is 378 g/mol. The maximum atomic E-state index is 12.4. The highest BCUT2D eigenvalue weighted by atomic mass is 32.2. The van der Waals surface area contributed by atoms with Crippen molar-refractivity contribution in [1.29, 1.82) is 0 Å². The lowest BCUT2D eigenvalue weighted by Crippen LogP contribution is -2.27. The highest BCUT2D eigenvalue weighted by molar-refractivity contribution is 8.00. The summed E-state index contributed by atoms with van der Waals surface area (Å²) < 4.78 is 5.30. The van der Waals surface area contributed by atoms with Gasteiger partial charge in [-0.1, -0.05) is 42.1 Å². The summed E-state index contributed by atoms with van der Waals surface area (Å²) in [6.07, 6.45) is 3.17. The number of carbonyl (C=O) groups excluding carboxylic acids is 1. The van der Waals surface area contributed by atoms with E-state index in [0.29, 0.717) is 12.3 Å². The first kappa shape index (κ1) is 17.8. The second-order valence-corrected chi connectivity index (χ2v) is 7.99. The van der Waals surface area contributed by atoms with Crippen molar-refractivity contribution in [1.82, 2.24) is 14.9 Å². The molecule has 4 aromatic rings. The van der Waals surface area contributed by atoms with Crippen LogP contribution in [-0.4, -0.2) is 33.6 Å². The van der Waals surface area contributed by atoms with Gasteiger partial charge in [-0.05, 0) is 23.8 Å². The Morgan fingerprint density at radius 1 is 1.19 bits per heavy atom. The molecule has 0 saturated heterocycles. The third kappa shape index (κ3) is 4.04. The van der Waals surface area contributed by atoms with Crippen LogP contribution in [0.1, 0.15) is 5.76 Å². The van der Waals surface area contributed by atoms with Crippen molar-refractivity contribution in [2.75, 3.05) is 12.8 Å². The van der Waals surface area contributed by atoms with Crippen LogP contribution in [0.25, 0.3) is 20.7 Å². The predicted octanol–water partition coefficient (Wildman–Crippen LogP) is 4.70. The Kier molecular flexibility index (Phi) is 5.22. The van der Waals surface area contributed by atoms with Crippen molar-refractivity contribution >= 4 is 39.2 Å². The van der Waals surface area contributed by atoms with Gasteiger partial charge in [0.2, 0.25) is 5.91 Å². The Morgan fingerprint density at radius 2 is 2.04 bits per heavy atom. The number of rotatable bonds is 6. The van der Waals surface area contributed by atoms with Gasteiger partial charge in [0.25, 0.3) is 0 Å². The summed E-state index contributed by atoms with van der Waals surface area (Å²) in [6, 6.07) is 16.0. The summed E-state index contributed by atoms with van der Waals surface area (Å²) in [4.78, 5) is 24.9. The number of furan rings is 1. The first-order valence-corrected chi connectivity index (χ1v) is 10.2. The molecule has 27 heavy (non-hydrogen) atoms. The summed E-state index contributed by atoms with van der Waals surface area (Å²) in [5, 5.41) is 1.83. The van der Waals surface area contributed by atoms with E-state index in [1.54, 1.807) is 35.9 Å². The highest BCUT2D eigenvalue weighted by Crippen LogP contribution is 2.36. The number of carbonyl (C=O) groups is 1. The van der Waals surface area contributed by atoms with Gasteiger partial charge in [-0.15, -0.1) is 11.3 Å². The molecule has 136 valence electrons. The molecule has 0 fully saturated rings. The SMILES string of the molecule is CN(Cc1ccco1)C(=O)CSc1ncnc2sc(-c3ccccc3)cc12. The molecule has 3 aromatic heterocycles. The van der Waals surface area contributed by atoms with Gasteiger partial charge in [0.15, 0.2) is 0 Å². The summed E-state index contributed by atoms with van der Waals surface area (Å²) in [6.45, 7) is 0.461. The fraction of sp³-hybridized carbons (Fsp3) is 0.150. The van der Waals surface area contributed by atoms with E-state index in [-0.39, 0.29) is 5.91 Å². The summed E-state index contributed by atoms with van der Waals surface area (Å²) in [7, 11) is 1.78. The van der Waals surface area contributed by atoms with E-state index in [0.717, 1.165) is 31.4 Å². The minimum absolute atomic E-state index is 0.0293. The van der Waals surface area contributed by atoms with Crippen LogP contribution in [0, 0.1) is 0 Å². The maximum Gasteiger partial charge on any atom is 0.233 e. The summed E-state index contributed by atoms with van der Waals surface area (Å²) >= 11 is 3.08. The van der Waals surface area contributed by atoms with Crippen LogP contribution in [0.4, 0.5) is 0 Å². The molecule has 4 rings (SSSR count). The lowest BCUT2D eigenvalue weighted by Gasteiger charge is -2.15. The van der Waals surface area contributed by atoms with Crippen LogP contribution in [0.3, 0.4) is 0 Å². The van der Waals surface area contributed by atoms with E-state index in [2.05, 4.69) is 28.2 Å². The molecule has 1 aromatic carbocycles. The molecule has 1 amide bonds. The zero-order valence-electron chi connectivity index (χ0n) is 14.7. The molecule has 0 unspecified atom stereocenters. The standard InChI is InChI=1S/C20H17N3O2S2/c1-23(11-15-8-5-9-25-15)18(24)12-26-19-16-10-17(14-6-3-2-4-7-14)27-20(16)22-13-21-19/h2-10,13H,11-12H2,1H3. The van der Waals surface area contributed by atoms with E-state index in [9.17, 15) is 4.79 Å². The second-order valence-electron chi connectivity index (χ2n) is 5.99. The van der Waals surface area contributed by atoms with Gasteiger partial charge in [0.05, 0.1) is 18.6 Å². The third-order valence-corrected chi connectivity index (χ3v) is 6.16. The molecule has 5 nitrogen and oxygen atoms in total. The van der Waals surface area contributed by atoms with Crippen LogP contribution in [0.5, 0.6) is 0 Å². The van der Waals surface area contributed by atoms with Gasteiger partial charge in [0, 0.05) is 17.3 Å². The Morgan fingerprint density at radius 3 is 2.81 bits per heavy atom. The number of fused-ring (bicyclic) bond motifs is 1. The van der Waals surface area contributed by atoms with Crippen LogP contribution in [-0.2, 0) is 11.3 Å². The molecule has 0 N–H and O–H groups in total. The number of thioether (sulfide) groups is 1. The molecule has 0 saturated carbocycles. The van der Waals surface area contributed by atoms with Crippen molar-refractivity contribution < 1.29 is 9.21 Å². The van der Waals surface area contributed by atoms with Crippen LogP contribution in [0.2, 0.25) is 0 Å². The Labute approximate surface area is 165 Å². The molecule has 7 heteroatoms. The molecular formula is C20H17N3O2S2. The predicted molar refractivity (Wildman–Crippen MR) is 109 cm³/mol. The number of hydrogen-bond donors (Lipinski definition) is 0. The van der Waals surface area contributed by atoms with Crippen molar-refractivity contribution in [2.45, 2.75) is 11.6 Å². The van der Waals surface area contributed by atoms with Crippen LogP contribution in [0.15, 0.2) is 70.6 Å². The van der Waals surface area contributed by atoms with Gasteiger partial charge in [-0.3, -0.25) is 4.79 Å².